The van der Waals surface area contributed by atoms with Crippen molar-refractivity contribution in [1.29, 1.82) is 0 Å². The molecule has 3 rings (SSSR count). The molecule has 0 spiro atoms. The van der Waals surface area contributed by atoms with Crippen LogP contribution in [0.25, 0.3) is 0 Å². The smallest absolute Gasteiger partial charge is 0.314 e. The molecule has 1 atom stereocenters. The molecule has 1 amide bonds. The van der Waals surface area contributed by atoms with Crippen LogP contribution in [0.4, 0.5) is 0 Å². The number of amides is 1. The minimum Gasteiger partial charge on any atom is -0.469 e. The molecule has 4 nitrogen and oxygen atoms in total. The first kappa shape index (κ1) is 11.6. The molecule has 1 aliphatic heterocycles. The highest BCUT2D eigenvalue weighted by molar-refractivity contribution is 5.91. The van der Waals surface area contributed by atoms with E-state index in [9.17, 15) is 9.59 Å². The zero-order valence-corrected chi connectivity index (χ0v) is 10.6. The van der Waals surface area contributed by atoms with Crippen molar-refractivity contribution in [3.05, 3.63) is 0 Å². The van der Waals surface area contributed by atoms with Gasteiger partial charge in [0.05, 0.1) is 17.9 Å². The molecule has 96 valence electrons. The molecule has 0 aromatic carbocycles. The summed E-state index contributed by atoms with van der Waals surface area (Å²) >= 11 is 0. The Kier molecular flexibility index (Phi) is 2.25. The number of terminal acetylenes is 1. The molecule has 18 heavy (non-hydrogen) atoms. The quantitative estimate of drug-likeness (QED) is 0.548. The van der Waals surface area contributed by atoms with E-state index in [1.165, 1.54) is 7.11 Å². The fraction of sp³-hybridized carbons (Fsp3) is 0.714. The van der Waals surface area contributed by atoms with E-state index in [1.807, 2.05) is 4.90 Å². The first-order valence-electron chi connectivity index (χ1n) is 6.39. The summed E-state index contributed by atoms with van der Waals surface area (Å²) in [5.74, 6) is 3.13. The molecule has 4 heteroatoms. The zero-order valence-electron chi connectivity index (χ0n) is 10.6. The molecule has 0 N–H and O–H groups in total. The Hall–Kier alpha value is -1.50. The summed E-state index contributed by atoms with van der Waals surface area (Å²) in [6, 6.07) is 0. The van der Waals surface area contributed by atoms with Crippen molar-refractivity contribution in [3.63, 3.8) is 0 Å². The van der Waals surface area contributed by atoms with Crippen LogP contribution >= 0.6 is 0 Å². The molecule has 3 aliphatic rings. The Balaban J connectivity index is 1.73. The molecule has 0 radical (unpaired) electrons. The zero-order chi connectivity index (χ0) is 13.0. The number of ether oxygens (including phenoxy) is 1. The molecule has 1 heterocycles. The molecule has 1 unspecified atom stereocenters. The number of rotatable bonds is 3. The second-order valence-corrected chi connectivity index (χ2v) is 5.89. The largest absolute Gasteiger partial charge is 0.469 e. The number of methoxy groups -OCH3 is 1. The normalized spacial score (nSPS) is 39.8. The summed E-state index contributed by atoms with van der Waals surface area (Å²) in [7, 11) is 1.38. The Morgan fingerprint density at radius 3 is 2.67 bits per heavy atom. The van der Waals surface area contributed by atoms with Crippen LogP contribution in [-0.2, 0) is 14.3 Å². The van der Waals surface area contributed by atoms with Gasteiger partial charge in [-0.25, -0.2) is 0 Å². The summed E-state index contributed by atoms with van der Waals surface area (Å²) in [5.41, 5.74) is -0.697. The van der Waals surface area contributed by atoms with E-state index in [4.69, 9.17) is 11.2 Å². The topological polar surface area (TPSA) is 46.6 Å². The lowest BCUT2D eigenvalue weighted by Gasteiger charge is -2.25. The fourth-order valence-corrected chi connectivity index (χ4v) is 3.21. The molecule has 0 bridgehead atoms. The van der Waals surface area contributed by atoms with Gasteiger partial charge >= 0.3 is 5.97 Å². The van der Waals surface area contributed by atoms with Gasteiger partial charge in [-0.15, -0.1) is 12.3 Å². The Morgan fingerprint density at radius 1 is 1.50 bits per heavy atom. The minimum absolute atomic E-state index is 0.0255. The third kappa shape index (κ3) is 1.40. The van der Waals surface area contributed by atoms with E-state index in [0.29, 0.717) is 31.8 Å². The average molecular weight is 247 g/mol. The number of nitrogens with zero attached hydrogens (tertiary/aromatic N) is 1. The molecule has 0 aromatic heterocycles. The van der Waals surface area contributed by atoms with Crippen LogP contribution in [0, 0.1) is 29.1 Å². The summed E-state index contributed by atoms with van der Waals surface area (Å²) in [4.78, 5) is 26.0. The van der Waals surface area contributed by atoms with E-state index >= 15 is 0 Å². The van der Waals surface area contributed by atoms with Crippen molar-refractivity contribution in [2.45, 2.75) is 25.7 Å². The lowest BCUT2D eigenvalue weighted by atomic mass is 9.84. The molecule has 3 fully saturated rings. The molecule has 2 saturated carbocycles. The highest BCUT2D eigenvalue weighted by Gasteiger charge is 2.75. The summed E-state index contributed by atoms with van der Waals surface area (Å²) in [6.07, 6.45) is 8.41. The van der Waals surface area contributed by atoms with Crippen LogP contribution in [-0.4, -0.2) is 37.0 Å². The first-order valence-corrected chi connectivity index (χ1v) is 6.39. The highest BCUT2D eigenvalue weighted by Crippen LogP contribution is 2.76. The second-order valence-electron chi connectivity index (χ2n) is 5.89. The van der Waals surface area contributed by atoms with Crippen LogP contribution < -0.4 is 0 Å². The van der Waals surface area contributed by atoms with Gasteiger partial charge in [0, 0.05) is 19.5 Å². The highest BCUT2D eigenvalue weighted by atomic mass is 16.5. The summed E-state index contributed by atoms with van der Waals surface area (Å²) in [5, 5.41) is 0. The summed E-state index contributed by atoms with van der Waals surface area (Å²) < 4.78 is 4.86. The van der Waals surface area contributed by atoms with Gasteiger partial charge in [-0.05, 0) is 25.2 Å². The third-order valence-electron chi connectivity index (χ3n) is 4.81. The van der Waals surface area contributed by atoms with Crippen LogP contribution in [0.1, 0.15) is 25.7 Å². The third-order valence-corrected chi connectivity index (χ3v) is 4.81. The fourth-order valence-electron chi connectivity index (χ4n) is 3.21. The Morgan fingerprint density at radius 2 is 2.17 bits per heavy atom. The van der Waals surface area contributed by atoms with Crippen LogP contribution in [0.2, 0.25) is 0 Å². The standard InChI is InChI=1S/C14H17NO3/c1-3-4-13(12(17)18-2)5-6-15(9-13)11(16)14-7-10(14)8-14/h1,10H,4-9H2,2H3. The van der Waals surface area contributed by atoms with Crippen molar-refractivity contribution in [2.24, 2.45) is 16.7 Å². The van der Waals surface area contributed by atoms with Gasteiger partial charge in [0.25, 0.3) is 0 Å². The number of hydrogen-bond acceptors (Lipinski definition) is 3. The van der Waals surface area contributed by atoms with E-state index in [0.717, 1.165) is 12.8 Å². The van der Waals surface area contributed by atoms with E-state index in [-0.39, 0.29) is 17.3 Å². The Bertz CT molecular complexity index is 458. The maximum Gasteiger partial charge on any atom is 0.314 e. The van der Waals surface area contributed by atoms with Crippen molar-refractivity contribution < 1.29 is 14.3 Å². The van der Waals surface area contributed by atoms with Crippen molar-refractivity contribution >= 4 is 11.9 Å². The monoisotopic (exact) mass is 247 g/mol. The lowest BCUT2D eigenvalue weighted by Crippen LogP contribution is -2.39. The van der Waals surface area contributed by atoms with Crippen LogP contribution in [0.15, 0.2) is 0 Å². The molecular formula is C14H17NO3. The molecule has 1 saturated heterocycles. The SMILES string of the molecule is C#CCC1(C(=O)OC)CCN(C(=O)C23CC2C3)C1. The van der Waals surface area contributed by atoms with E-state index in [1.54, 1.807) is 0 Å². The first-order chi connectivity index (χ1) is 8.58. The van der Waals surface area contributed by atoms with Gasteiger partial charge in [-0.2, -0.15) is 0 Å². The van der Waals surface area contributed by atoms with Gasteiger partial charge in [-0.1, -0.05) is 0 Å². The van der Waals surface area contributed by atoms with Gasteiger partial charge in [0.15, 0.2) is 0 Å². The molecule has 2 aliphatic carbocycles. The summed E-state index contributed by atoms with van der Waals surface area (Å²) in [6.45, 7) is 1.06. The van der Waals surface area contributed by atoms with Crippen molar-refractivity contribution in [2.75, 3.05) is 20.2 Å². The van der Waals surface area contributed by atoms with Crippen LogP contribution in [0.3, 0.4) is 0 Å². The molecule has 0 aromatic rings. The number of fused-ring (bicyclic) bond motifs is 1. The Labute approximate surface area is 107 Å². The van der Waals surface area contributed by atoms with Gasteiger partial charge in [0.1, 0.15) is 0 Å². The van der Waals surface area contributed by atoms with Gasteiger partial charge < -0.3 is 9.64 Å². The maximum atomic E-state index is 12.3. The maximum absolute atomic E-state index is 12.3. The van der Waals surface area contributed by atoms with Crippen molar-refractivity contribution in [3.8, 4) is 12.3 Å². The minimum atomic E-state index is -0.672. The van der Waals surface area contributed by atoms with Gasteiger partial charge in [0.2, 0.25) is 5.91 Å². The van der Waals surface area contributed by atoms with Crippen molar-refractivity contribution in [1.82, 2.24) is 4.90 Å². The predicted molar refractivity (Wildman–Crippen MR) is 64.3 cm³/mol. The number of likely N-dealkylation sites (tertiary alicyclic amines) is 1. The predicted octanol–water partition coefficient (Wildman–Crippen LogP) is 0.811. The number of carbonyl (C=O) groups is 2. The van der Waals surface area contributed by atoms with Gasteiger partial charge in [-0.3, -0.25) is 9.59 Å². The van der Waals surface area contributed by atoms with E-state index < -0.39 is 5.41 Å². The van der Waals surface area contributed by atoms with Crippen LogP contribution in [0.5, 0.6) is 0 Å². The number of esters is 1. The number of hydrogen-bond donors (Lipinski definition) is 0. The number of carbonyl (C=O) groups excluding carboxylic acids is 2. The average Bonchev–Trinajstić information content (AvgIpc) is 3.17. The lowest BCUT2D eigenvalue weighted by molar-refractivity contribution is -0.152. The van der Waals surface area contributed by atoms with E-state index in [2.05, 4.69) is 5.92 Å². The second kappa shape index (κ2) is 3.50. The molecular weight excluding hydrogens is 230 g/mol.